The van der Waals surface area contributed by atoms with Crippen LogP contribution in [0.4, 0.5) is 5.69 Å². The summed E-state index contributed by atoms with van der Waals surface area (Å²) in [6.45, 7) is 1.48. The van der Waals surface area contributed by atoms with Crippen LogP contribution in [0, 0.1) is 20.7 Å². The molecule has 0 saturated carbocycles. The first kappa shape index (κ1) is 15.9. The van der Waals surface area contributed by atoms with Crippen molar-refractivity contribution in [1.82, 2.24) is 8.96 Å². The van der Waals surface area contributed by atoms with E-state index < -0.39 is 14.9 Å². The van der Waals surface area contributed by atoms with Crippen molar-refractivity contribution in [2.45, 2.75) is 11.8 Å². The molecule has 118 valence electrons. The lowest BCUT2D eigenvalue weighted by Gasteiger charge is -2.08. The number of hydrogen-bond acceptors (Lipinski definition) is 5. The molecule has 0 amide bonds. The molecular weight excluding hydrogens is 433 g/mol. The molecule has 0 aliphatic rings. The summed E-state index contributed by atoms with van der Waals surface area (Å²) in [7, 11) is -3.83. The van der Waals surface area contributed by atoms with Crippen LogP contribution in [0.2, 0.25) is 0 Å². The van der Waals surface area contributed by atoms with Crippen LogP contribution in [0.3, 0.4) is 0 Å². The second-order valence-corrected chi connectivity index (χ2v) is 7.70. The van der Waals surface area contributed by atoms with Gasteiger partial charge in [0, 0.05) is 11.5 Å². The fraction of sp³-hybridized carbons (Fsp3) is 0.0714. The molecule has 23 heavy (non-hydrogen) atoms. The minimum Gasteiger partial charge on any atom is -0.258 e. The van der Waals surface area contributed by atoms with Crippen molar-refractivity contribution in [1.29, 1.82) is 0 Å². The van der Waals surface area contributed by atoms with Crippen molar-refractivity contribution >= 4 is 49.3 Å². The second-order valence-electron chi connectivity index (χ2n) is 4.81. The zero-order valence-corrected chi connectivity index (χ0v) is 14.8. The summed E-state index contributed by atoms with van der Waals surface area (Å²) in [5.41, 5.74) is 0.214. The zero-order valence-electron chi connectivity index (χ0n) is 11.8. The van der Waals surface area contributed by atoms with Gasteiger partial charge < -0.3 is 0 Å². The highest BCUT2D eigenvalue weighted by Crippen LogP contribution is 2.29. The fourth-order valence-corrected chi connectivity index (χ4v) is 4.98. The second kappa shape index (κ2) is 5.57. The minimum absolute atomic E-state index is 0.133. The van der Waals surface area contributed by atoms with Gasteiger partial charge in [-0.3, -0.25) is 10.1 Å². The van der Waals surface area contributed by atoms with E-state index in [1.54, 1.807) is 24.3 Å². The first-order valence-corrected chi connectivity index (χ1v) is 8.98. The van der Waals surface area contributed by atoms with Crippen LogP contribution >= 0.6 is 22.6 Å². The number of hydrogen-bond donors (Lipinski definition) is 0. The summed E-state index contributed by atoms with van der Waals surface area (Å²) in [6, 6.07) is 10.9. The van der Waals surface area contributed by atoms with E-state index in [1.807, 2.05) is 22.6 Å². The number of benzene rings is 1. The lowest BCUT2D eigenvalue weighted by molar-refractivity contribution is -0.385. The average Bonchev–Trinajstić information content (AvgIpc) is 2.82. The third-order valence-corrected chi connectivity index (χ3v) is 6.17. The van der Waals surface area contributed by atoms with E-state index in [-0.39, 0.29) is 21.9 Å². The van der Waals surface area contributed by atoms with Gasteiger partial charge in [0.05, 0.1) is 13.5 Å². The average molecular weight is 443 g/mol. The van der Waals surface area contributed by atoms with Gasteiger partial charge in [-0.05, 0) is 47.7 Å². The summed E-state index contributed by atoms with van der Waals surface area (Å²) >= 11 is 1.88. The quantitative estimate of drug-likeness (QED) is 0.352. The smallest absolute Gasteiger partial charge is 0.258 e. The maximum Gasteiger partial charge on any atom is 0.291 e. The topological polar surface area (TPSA) is 95.1 Å². The fourth-order valence-electron chi connectivity index (χ4n) is 2.27. The van der Waals surface area contributed by atoms with Crippen molar-refractivity contribution in [3.63, 3.8) is 0 Å². The van der Waals surface area contributed by atoms with Crippen LogP contribution in [0.1, 0.15) is 5.69 Å². The largest absolute Gasteiger partial charge is 0.291 e. The molecule has 0 spiro atoms. The monoisotopic (exact) mass is 443 g/mol. The molecule has 0 aliphatic carbocycles. The normalized spacial score (nSPS) is 11.7. The van der Waals surface area contributed by atoms with E-state index in [2.05, 4.69) is 4.98 Å². The molecule has 0 bridgehead atoms. The van der Waals surface area contributed by atoms with E-state index in [0.717, 1.165) is 3.97 Å². The van der Waals surface area contributed by atoms with Crippen LogP contribution in [-0.4, -0.2) is 22.3 Å². The number of rotatable bonds is 3. The Bertz CT molecular complexity index is 1030. The van der Waals surface area contributed by atoms with Gasteiger partial charge in [-0.1, -0.05) is 18.2 Å². The van der Waals surface area contributed by atoms with E-state index in [1.165, 1.54) is 25.1 Å². The Morgan fingerprint density at radius 1 is 1.22 bits per heavy atom. The summed E-state index contributed by atoms with van der Waals surface area (Å²) in [6.07, 6.45) is 0. The lowest BCUT2D eigenvalue weighted by atomic mass is 10.2. The maximum atomic E-state index is 12.8. The summed E-state index contributed by atoms with van der Waals surface area (Å²) in [5.74, 6) is 0. The van der Waals surface area contributed by atoms with Gasteiger partial charge in [-0.15, -0.1) is 0 Å². The lowest BCUT2D eigenvalue weighted by Crippen LogP contribution is -2.15. The molecule has 3 aromatic rings. The first-order valence-electron chi connectivity index (χ1n) is 6.46. The van der Waals surface area contributed by atoms with Crippen molar-refractivity contribution in [2.24, 2.45) is 0 Å². The molecule has 0 radical (unpaired) electrons. The third-order valence-electron chi connectivity index (χ3n) is 3.33. The van der Waals surface area contributed by atoms with Crippen LogP contribution in [0.25, 0.3) is 11.0 Å². The predicted molar refractivity (Wildman–Crippen MR) is 92.9 cm³/mol. The maximum absolute atomic E-state index is 12.8. The highest BCUT2D eigenvalue weighted by Gasteiger charge is 2.25. The van der Waals surface area contributed by atoms with Gasteiger partial charge >= 0.3 is 0 Å². The van der Waals surface area contributed by atoms with Crippen molar-refractivity contribution in [3.8, 4) is 0 Å². The number of aromatic nitrogens is 2. The van der Waals surface area contributed by atoms with Crippen molar-refractivity contribution < 1.29 is 13.3 Å². The van der Waals surface area contributed by atoms with E-state index in [9.17, 15) is 18.5 Å². The van der Waals surface area contributed by atoms with Gasteiger partial charge in [-0.25, -0.2) is 17.4 Å². The third kappa shape index (κ3) is 2.59. The Morgan fingerprint density at radius 2 is 1.87 bits per heavy atom. The Balaban J connectivity index is 2.33. The highest BCUT2D eigenvalue weighted by atomic mass is 127. The van der Waals surface area contributed by atoms with Gasteiger partial charge in [0.1, 0.15) is 5.69 Å². The SMILES string of the molecule is Cc1nc2c(cc1[N+](=O)[O-])cc(I)n2S(=O)(=O)c1ccccc1. The van der Waals surface area contributed by atoms with Gasteiger partial charge in [0.25, 0.3) is 15.7 Å². The number of nitro groups is 1. The van der Waals surface area contributed by atoms with E-state index in [4.69, 9.17) is 0 Å². The van der Waals surface area contributed by atoms with Crippen LogP contribution < -0.4 is 0 Å². The van der Waals surface area contributed by atoms with E-state index >= 15 is 0 Å². The minimum atomic E-state index is -3.83. The van der Waals surface area contributed by atoms with E-state index in [0.29, 0.717) is 9.09 Å². The van der Waals surface area contributed by atoms with Gasteiger partial charge in [-0.2, -0.15) is 0 Å². The molecule has 1 aromatic carbocycles. The number of fused-ring (bicyclic) bond motifs is 1. The summed E-state index contributed by atoms with van der Waals surface area (Å²) in [4.78, 5) is 14.8. The summed E-state index contributed by atoms with van der Waals surface area (Å²) < 4.78 is 27.2. The van der Waals surface area contributed by atoms with Crippen LogP contribution in [0.15, 0.2) is 47.4 Å². The number of halogens is 1. The molecular formula is C14H10IN3O4S. The number of pyridine rings is 1. The Labute approximate surface area is 145 Å². The Morgan fingerprint density at radius 3 is 2.48 bits per heavy atom. The number of nitrogens with zero attached hydrogens (tertiary/aromatic N) is 3. The summed E-state index contributed by atoms with van der Waals surface area (Å²) in [5, 5.41) is 11.4. The molecule has 2 heterocycles. The van der Waals surface area contributed by atoms with Crippen molar-refractivity contribution in [2.75, 3.05) is 0 Å². The molecule has 0 fully saturated rings. The molecule has 3 rings (SSSR count). The molecule has 0 atom stereocenters. The van der Waals surface area contributed by atoms with Gasteiger partial charge in [0.15, 0.2) is 5.65 Å². The molecule has 0 aliphatic heterocycles. The first-order chi connectivity index (χ1) is 10.8. The zero-order chi connectivity index (χ0) is 16.8. The highest BCUT2D eigenvalue weighted by molar-refractivity contribution is 14.1. The molecule has 0 N–H and O–H groups in total. The molecule has 9 heteroatoms. The van der Waals surface area contributed by atoms with Crippen LogP contribution in [-0.2, 0) is 10.0 Å². The predicted octanol–water partition coefficient (Wildman–Crippen LogP) is 3.09. The number of aryl methyl sites for hydroxylation is 1. The molecule has 2 aromatic heterocycles. The Kier molecular flexibility index (Phi) is 3.84. The van der Waals surface area contributed by atoms with Crippen molar-refractivity contribution in [3.05, 3.63) is 62.0 Å². The molecule has 7 nitrogen and oxygen atoms in total. The van der Waals surface area contributed by atoms with Gasteiger partial charge in [0.2, 0.25) is 0 Å². The standard InChI is InChI=1S/C14H10IN3O4S/c1-9-12(18(19)20)7-10-8-13(15)17(14(10)16-9)23(21,22)11-5-3-2-4-6-11/h2-8H,1H3. The van der Waals surface area contributed by atoms with Crippen LogP contribution in [0.5, 0.6) is 0 Å². The molecule has 0 saturated heterocycles. The molecule has 0 unspecified atom stereocenters. The Hall–Kier alpha value is -2.01.